The molecule has 38 heavy (non-hydrogen) atoms. The first-order valence-electron chi connectivity index (χ1n) is 14.3. The number of piperidine rings is 2. The molecule has 5 nitrogen and oxygen atoms in total. The average Bonchev–Trinajstić information content (AvgIpc) is 3.20. The maximum Gasteiger partial charge on any atom is 0.410 e. The molecule has 0 bridgehead atoms. The Morgan fingerprint density at radius 2 is 1.66 bits per heavy atom. The van der Waals surface area contributed by atoms with Crippen LogP contribution in [0.5, 0.6) is 0 Å². The molecule has 5 rings (SSSR count). The molecule has 204 valence electrons. The average molecular weight is 521 g/mol. The number of ketones is 1. The van der Waals surface area contributed by atoms with Gasteiger partial charge in [0.15, 0.2) is 5.78 Å². The molecular formula is C32H41FN2O3. The summed E-state index contributed by atoms with van der Waals surface area (Å²) in [6.45, 7) is 10.0. The van der Waals surface area contributed by atoms with Crippen molar-refractivity contribution in [1.82, 2.24) is 9.80 Å². The first-order chi connectivity index (χ1) is 18.1. The summed E-state index contributed by atoms with van der Waals surface area (Å²) in [4.78, 5) is 29.9. The number of carbonyl (C=O) groups excluding carboxylic acids is 2. The van der Waals surface area contributed by atoms with Gasteiger partial charge in [-0.15, -0.1) is 0 Å². The summed E-state index contributed by atoms with van der Waals surface area (Å²) in [6, 6.07) is 13.3. The highest BCUT2D eigenvalue weighted by molar-refractivity contribution is 6.02. The Bertz CT molecular complexity index is 1140. The molecule has 1 aliphatic carbocycles. The van der Waals surface area contributed by atoms with Crippen LogP contribution in [0.3, 0.4) is 0 Å². The van der Waals surface area contributed by atoms with Gasteiger partial charge in [0, 0.05) is 31.1 Å². The molecule has 0 aromatic heterocycles. The van der Waals surface area contributed by atoms with Crippen LogP contribution in [0, 0.1) is 17.7 Å². The summed E-state index contributed by atoms with van der Waals surface area (Å²) in [5.74, 6) is 1.23. The smallest absolute Gasteiger partial charge is 0.410 e. The first kappa shape index (κ1) is 26.9. The lowest BCUT2D eigenvalue weighted by Crippen LogP contribution is -2.41. The molecule has 2 aromatic carbocycles. The van der Waals surface area contributed by atoms with Crippen LogP contribution in [-0.4, -0.2) is 53.5 Å². The van der Waals surface area contributed by atoms with Crippen molar-refractivity contribution in [3.8, 4) is 0 Å². The zero-order chi connectivity index (χ0) is 26.9. The predicted molar refractivity (Wildman–Crippen MR) is 147 cm³/mol. The van der Waals surface area contributed by atoms with Gasteiger partial charge in [0.1, 0.15) is 11.4 Å². The third-order valence-corrected chi connectivity index (χ3v) is 8.49. The zero-order valence-corrected chi connectivity index (χ0v) is 23.0. The largest absolute Gasteiger partial charge is 0.444 e. The fourth-order valence-corrected chi connectivity index (χ4v) is 6.40. The number of amides is 1. The summed E-state index contributed by atoms with van der Waals surface area (Å²) in [5.41, 5.74) is 4.10. The number of likely N-dealkylation sites (tertiary alicyclic amines) is 2. The van der Waals surface area contributed by atoms with Gasteiger partial charge < -0.3 is 9.64 Å². The predicted octanol–water partition coefficient (Wildman–Crippen LogP) is 6.60. The highest BCUT2D eigenvalue weighted by Gasteiger charge is 2.34. The number of ether oxygens (including phenoxy) is 1. The molecule has 0 radical (unpaired) electrons. The Kier molecular flexibility index (Phi) is 7.90. The number of halogens is 1. The van der Waals surface area contributed by atoms with Crippen molar-refractivity contribution in [1.29, 1.82) is 0 Å². The number of Topliss-reactive ketones (excluding diaryl/α,β-unsaturated/α-hetero) is 1. The summed E-state index contributed by atoms with van der Waals surface area (Å²) in [5, 5.41) is 0. The van der Waals surface area contributed by atoms with Crippen LogP contribution in [-0.2, 0) is 17.7 Å². The van der Waals surface area contributed by atoms with Crippen LogP contribution in [0.4, 0.5) is 9.18 Å². The van der Waals surface area contributed by atoms with E-state index in [1.807, 2.05) is 37.8 Å². The second kappa shape index (κ2) is 11.2. The molecule has 1 unspecified atom stereocenters. The van der Waals surface area contributed by atoms with Gasteiger partial charge in [-0.2, -0.15) is 0 Å². The molecule has 1 amide bonds. The molecular weight excluding hydrogens is 479 g/mol. The van der Waals surface area contributed by atoms with Crippen molar-refractivity contribution in [2.24, 2.45) is 11.8 Å². The van der Waals surface area contributed by atoms with E-state index in [2.05, 4.69) is 23.1 Å². The van der Waals surface area contributed by atoms with Gasteiger partial charge in [0.05, 0.1) is 0 Å². The van der Waals surface area contributed by atoms with Crippen LogP contribution in [0.2, 0.25) is 0 Å². The van der Waals surface area contributed by atoms with E-state index in [4.69, 9.17) is 4.74 Å². The monoisotopic (exact) mass is 520 g/mol. The molecule has 0 saturated carbocycles. The van der Waals surface area contributed by atoms with Gasteiger partial charge in [0.25, 0.3) is 0 Å². The molecule has 3 aliphatic rings. The zero-order valence-electron chi connectivity index (χ0n) is 23.0. The molecule has 0 N–H and O–H groups in total. The molecule has 2 saturated heterocycles. The lowest BCUT2D eigenvalue weighted by molar-refractivity contribution is 0.0204. The Hall–Kier alpha value is -2.73. The number of hydrogen-bond acceptors (Lipinski definition) is 4. The van der Waals surface area contributed by atoms with Crippen molar-refractivity contribution >= 4 is 11.9 Å². The molecule has 2 aliphatic heterocycles. The highest BCUT2D eigenvalue weighted by atomic mass is 19.1. The molecule has 6 heteroatoms. The van der Waals surface area contributed by atoms with E-state index in [9.17, 15) is 14.0 Å². The van der Waals surface area contributed by atoms with Crippen LogP contribution in [0.15, 0.2) is 42.5 Å². The van der Waals surface area contributed by atoms with Gasteiger partial charge in [-0.05, 0) is 113 Å². The van der Waals surface area contributed by atoms with Crippen LogP contribution >= 0.6 is 0 Å². The lowest BCUT2D eigenvalue weighted by atomic mass is 9.85. The number of nitrogens with zero attached hydrogens (tertiary/aromatic N) is 2. The SMILES string of the molecule is CC(C)(C)OC(=O)N1CCC(c2ccc3c(c2)CC(CC2CCN(Cc4ccc(F)cc4)CC2)C3=O)CC1. The van der Waals surface area contributed by atoms with Crippen molar-refractivity contribution < 1.29 is 18.7 Å². The van der Waals surface area contributed by atoms with Gasteiger partial charge in [-0.25, -0.2) is 9.18 Å². The fraction of sp³-hybridized carbons (Fsp3) is 0.562. The topological polar surface area (TPSA) is 49.9 Å². The highest BCUT2D eigenvalue weighted by Crippen LogP contribution is 2.37. The van der Waals surface area contributed by atoms with Crippen LogP contribution in [0.1, 0.15) is 85.8 Å². The van der Waals surface area contributed by atoms with Crippen molar-refractivity contribution in [3.05, 3.63) is 70.5 Å². The Morgan fingerprint density at radius 1 is 0.974 bits per heavy atom. The van der Waals surface area contributed by atoms with Crippen LogP contribution < -0.4 is 0 Å². The minimum Gasteiger partial charge on any atom is -0.444 e. The number of carbonyl (C=O) groups is 2. The van der Waals surface area contributed by atoms with E-state index in [1.165, 1.54) is 23.3 Å². The van der Waals surface area contributed by atoms with Gasteiger partial charge in [-0.1, -0.05) is 30.3 Å². The quantitative estimate of drug-likeness (QED) is 0.446. The third-order valence-electron chi connectivity index (χ3n) is 8.49. The Balaban J connectivity index is 1.11. The molecule has 2 fully saturated rings. The van der Waals surface area contributed by atoms with Gasteiger partial charge in [0.2, 0.25) is 0 Å². The molecule has 2 heterocycles. The third kappa shape index (κ3) is 6.45. The lowest BCUT2D eigenvalue weighted by Gasteiger charge is -2.33. The number of rotatable bonds is 5. The number of fused-ring (bicyclic) bond motifs is 1. The van der Waals surface area contributed by atoms with E-state index in [-0.39, 0.29) is 17.8 Å². The van der Waals surface area contributed by atoms with Crippen molar-refractivity contribution in [3.63, 3.8) is 0 Å². The summed E-state index contributed by atoms with van der Waals surface area (Å²) in [7, 11) is 0. The molecule has 1 atom stereocenters. The summed E-state index contributed by atoms with van der Waals surface area (Å²) in [6.07, 6.45) is 5.68. The second-order valence-corrected chi connectivity index (χ2v) is 12.5. The van der Waals surface area contributed by atoms with Crippen molar-refractivity contribution in [2.75, 3.05) is 26.2 Å². The van der Waals surface area contributed by atoms with E-state index < -0.39 is 5.60 Å². The molecule has 2 aromatic rings. The first-order valence-corrected chi connectivity index (χ1v) is 14.3. The van der Waals surface area contributed by atoms with Gasteiger partial charge in [-0.3, -0.25) is 9.69 Å². The second-order valence-electron chi connectivity index (χ2n) is 12.5. The standard InChI is InChI=1S/C32H41FN2O3/c1-32(2,3)38-31(37)35-16-12-24(13-17-35)25-6-9-29-26(19-25)20-27(30(29)36)18-22-10-14-34(15-11-22)21-23-4-7-28(33)8-5-23/h4-9,19,22,24,27H,10-18,20-21H2,1-3H3. The van der Waals surface area contributed by atoms with Crippen LogP contribution in [0.25, 0.3) is 0 Å². The normalized spacial score (nSPS) is 21.5. The summed E-state index contributed by atoms with van der Waals surface area (Å²) >= 11 is 0. The molecule has 0 spiro atoms. The van der Waals surface area contributed by atoms with Crippen molar-refractivity contribution in [2.45, 2.75) is 77.4 Å². The minimum absolute atomic E-state index is 0.0999. The minimum atomic E-state index is -0.474. The fourth-order valence-electron chi connectivity index (χ4n) is 6.40. The van der Waals surface area contributed by atoms with Gasteiger partial charge >= 0.3 is 6.09 Å². The number of hydrogen-bond donors (Lipinski definition) is 0. The van der Waals surface area contributed by atoms with E-state index >= 15 is 0 Å². The van der Waals surface area contributed by atoms with E-state index in [0.29, 0.717) is 30.7 Å². The van der Waals surface area contributed by atoms with E-state index in [0.717, 1.165) is 69.3 Å². The Morgan fingerprint density at radius 3 is 2.32 bits per heavy atom. The summed E-state index contributed by atoms with van der Waals surface area (Å²) < 4.78 is 18.7. The number of benzene rings is 2. The maximum absolute atomic E-state index is 13.2. The van der Waals surface area contributed by atoms with E-state index in [1.54, 1.807) is 0 Å². The maximum atomic E-state index is 13.2. The Labute approximate surface area is 226 Å².